The molecule has 0 saturated carbocycles. The Morgan fingerprint density at radius 1 is 1.36 bits per heavy atom. The molecule has 1 aliphatic heterocycles. The summed E-state index contributed by atoms with van der Waals surface area (Å²) in [5.41, 5.74) is 1.40. The van der Waals surface area contributed by atoms with Crippen LogP contribution >= 0.6 is 11.6 Å². The molecule has 0 unspecified atom stereocenters. The summed E-state index contributed by atoms with van der Waals surface area (Å²) in [4.78, 5) is 23.9. The number of aromatic nitrogens is 2. The third-order valence-electron chi connectivity index (χ3n) is 4.83. The summed E-state index contributed by atoms with van der Waals surface area (Å²) in [5, 5.41) is 7.69. The van der Waals surface area contributed by atoms with Crippen molar-refractivity contribution in [2.45, 2.75) is 33.7 Å². The van der Waals surface area contributed by atoms with Crippen molar-refractivity contribution in [1.82, 2.24) is 15.3 Å². The number of nitrogens with one attached hydrogen (secondary N) is 2. The van der Waals surface area contributed by atoms with Crippen molar-refractivity contribution < 1.29 is 9.21 Å². The van der Waals surface area contributed by atoms with Crippen molar-refractivity contribution in [2.24, 2.45) is 5.41 Å². The molecule has 0 spiro atoms. The van der Waals surface area contributed by atoms with Crippen LogP contribution in [0.4, 0.5) is 11.8 Å². The van der Waals surface area contributed by atoms with E-state index in [1.54, 1.807) is 6.07 Å². The molecule has 0 aliphatic carbocycles. The zero-order chi connectivity index (χ0) is 20.1. The quantitative estimate of drug-likeness (QED) is 0.679. The SMILES string of the molecule is C[C@@H]1CN(c2nc(NC(=O)C(C)(C)C)nc3c2oc2ccc(Cl)cc23)CCN1. The molecule has 1 aromatic carbocycles. The number of amides is 1. The van der Waals surface area contributed by atoms with Crippen LogP contribution in [0.5, 0.6) is 0 Å². The molecule has 0 bridgehead atoms. The fourth-order valence-electron chi connectivity index (χ4n) is 3.29. The van der Waals surface area contributed by atoms with Crippen molar-refractivity contribution in [3.05, 3.63) is 23.2 Å². The van der Waals surface area contributed by atoms with Crippen LogP contribution in [0.15, 0.2) is 22.6 Å². The average Bonchev–Trinajstić information content (AvgIpc) is 2.98. The number of nitrogens with zero attached hydrogens (tertiary/aromatic N) is 3. The predicted molar refractivity (Wildman–Crippen MR) is 112 cm³/mol. The number of carbonyl (C=O) groups excluding carboxylic acids is 1. The number of furan rings is 1. The van der Waals surface area contributed by atoms with Gasteiger partial charge in [0.25, 0.3) is 0 Å². The maximum absolute atomic E-state index is 12.5. The molecule has 3 heterocycles. The van der Waals surface area contributed by atoms with E-state index < -0.39 is 5.41 Å². The number of piperazine rings is 1. The van der Waals surface area contributed by atoms with Gasteiger partial charge < -0.3 is 14.6 Å². The summed E-state index contributed by atoms with van der Waals surface area (Å²) < 4.78 is 6.10. The van der Waals surface area contributed by atoms with E-state index in [1.165, 1.54) is 0 Å². The standard InChI is InChI=1S/C20H24ClN5O2/c1-11-10-26(8-7-22-11)17-16-15(13-9-12(21)5-6-14(13)28-16)23-19(24-17)25-18(27)20(2,3)4/h5-6,9,11,22H,7-8,10H2,1-4H3,(H,23,24,25,27)/t11-/m1/s1. The van der Waals surface area contributed by atoms with E-state index in [1.807, 2.05) is 32.9 Å². The summed E-state index contributed by atoms with van der Waals surface area (Å²) in [6.45, 7) is 10.1. The van der Waals surface area contributed by atoms with Crippen LogP contribution in [0.2, 0.25) is 5.02 Å². The van der Waals surface area contributed by atoms with Crippen molar-refractivity contribution in [3.63, 3.8) is 0 Å². The van der Waals surface area contributed by atoms with E-state index in [0.717, 1.165) is 25.0 Å². The van der Waals surface area contributed by atoms with Gasteiger partial charge in [-0.3, -0.25) is 10.1 Å². The summed E-state index contributed by atoms with van der Waals surface area (Å²) in [6.07, 6.45) is 0. The van der Waals surface area contributed by atoms with Gasteiger partial charge in [-0.1, -0.05) is 32.4 Å². The Labute approximate surface area is 168 Å². The molecule has 0 radical (unpaired) electrons. The number of carbonyl (C=O) groups is 1. The number of fused-ring (bicyclic) bond motifs is 3. The van der Waals surface area contributed by atoms with E-state index >= 15 is 0 Å². The maximum Gasteiger partial charge on any atom is 0.232 e. The minimum atomic E-state index is -0.552. The molecule has 2 N–H and O–H groups in total. The highest BCUT2D eigenvalue weighted by Crippen LogP contribution is 2.35. The Hall–Kier alpha value is -2.38. The lowest BCUT2D eigenvalue weighted by Crippen LogP contribution is -2.49. The summed E-state index contributed by atoms with van der Waals surface area (Å²) in [7, 11) is 0. The first-order valence-electron chi connectivity index (χ1n) is 9.42. The van der Waals surface area contributed by atoms with Crippen molar-refractivity contribution in [3.8, 4) is 0 Å². The Morgan fingerprint density at radius 3 is 2.86 bits per heavy atom. The summed E-state index contributed by atoms with van der Waals surface area (Å²) in [5.74, 6) is 0.823. The zero-order valence-corrected chi connectivity index (χ0v) is 17.2. The maximum atomic E-state index is 12.5. The number of anilines is 2. The molecule has 4 rings (SSSR count). The third-order valence-corrected chi connectivity index (χ3v) is 5.07. The van der Waals surface area contributed by atoms with E-state index in [9.17, 15) is 4.79 Å². The largest absolute Gasteiger partial charge is 0.450 e. The third kappa shape index (κ3) is 3.52. The molecule has 2 aromatic heterocycles. The number of hydrogen-bond donors (Lipinski definition) is 2. The van der Waals surface area contributed by atoms with Crippen LogP contribution < -0.4 is 15.5 Å². The molecular formula is C20H24ClN5O2. The van der Waals surface area contributed by atoms with Gasteiger partial charge >= 0.3 is 0 Å². The monoisotopic (exact) mass is 401 g/mol. The molecule has 1 aliphatic rings. The highest BCUT2D eigenvalue weighted by molar-refractivity contribution is 6.31. The average molecular weight is 402 g/mol. The predicted octanol–water partition coefficient (Wildman–Crippen LogP) is 3.81. The Kier molecular flexibility index (Phi) is 4.67. The minimum Gasteiger partial charge on any atom is -0.450 e. The first-order valence-corrected chi connectivity index (χ1v) is 9.80. The van der Waals surface area contributed by atoms with Crippen molar-refractivity contribution in [1.29, 1.82) is 0 Å². The summed E-state index contributed by atoms with van der Waals surface area (Å²) in [6, 6.07) is 5.77. The van der Waals surface area contributed by atoms with Gasteiger partial charge in [0.05, 0.1) is 0 Å². The van der Waals surface area contributed by atoms with Gasteiger partial charge in [0, 0.05) is 41.5 Å². The second-order valence-electron chi connectivity index (χ2n) is 8.30. The Balaban J connectivity index is 1.89. The van der Waals surface area contributed by atoms with Gasteiger partial charge in [-0.2, -0.15) is 4.98 Å². The molecule has 1 fully saturated rings. The lowest BCUT2D eigenvalue weighted by molar-refractivity contribution is -0.123. The molecule has 1 amide bonds. The summed E-state index contributed by atoms with van der Waals surface area (Å²) >= 11 is 6.19. The molecule has 148 valence electrons. The molecule has 8 heteroatoms. The second kappa shape index (κ2) is 6.90. The van der Waals surface area contributed by atoms with Crippen LogP contribution in [0, 0.1) is 5.41 Å². The van der Waals surface area contributed by atoms with E-state index in [-0.39, 0.29) is 11.9 Å². The Bertz CT molecular complexity index is 1060. The molecule has 1 saturated heterocycles. The number of rotatable bonds is 2. The van der Waals surface area contributed by atoms with Crippen molar-refractivity contribution in [2.75, 3.05) is 29.9 Å². The fraction of sp³-hybridized carbons (Fsp3) is 0.450. The van der Waals surface area contributed by atoms with Gasteiger partial charge in [0.15, 0.2) is 11.4 Å². The first-order chi connectivity index (χ1) is 13.2. The first kappa shape index (κ1) is 19.0. The minimum absolute atomic E-state index is 0.141. The molecule has 3 aromatic rings. The fourth-order valence-corrected chi connectivity index (χ4v) is 3.46. The van der Waals surface area contributed by atoms with Crippen LogP contribution in [-0.4, -0.2) is 41.6 Å². The van der Waals surface area contributed by atoms with Gasteiger partial charge in [0.2, 0.25) is 11.9 Å². The van der Waals surface area contributed by atoms with E-state index in [2.05, 4.69) is 32.4 Å². The topological polar surface area (TPSA) is 83.3 Å². The number of halogens is 1. The zero-order valence-electron chi connectivity index (χ0n) is 16.5. The second-order valence-corrected chi connectivity index (χ2v) is 8.73. The smallest absolute Gasteiger partial charge is 0.232 e. The van der Waals surface area contributed by atoms with Crippen LogP contribution in [0.3, 0.4) is 0 Å². The molecule has 7 nitrogen and oxygen atoms in total. The van der Waals surface area contributed by atoms with Gasteiger partial charge in [-0.05, 0) is 25.1 Å². The highest BCUT2D eigenvalue weighted by Gasteiger charge is 2.26. The van der Waals surface area contributed by atoms with Crippen LogP contribution in [0.1, 0.15) is 27.7 Å². The Morgan fingerprint density at radius 2 is 2.14 bits per heavy atom. The van der Waals surface area contributed by atoms with Gasteiger partial charge in [0.1, 0.15) is 11.1 Å². The van der Waals surface area contributed by atoms with Crippen LogP contribution in [0.25, 0.3) is 22.1 Å². The highest BCUT2D eigenvalue weighted by atomic mass is 35.5. The lowest BCUT2D eigenvalue weighted by atomic mass is 9.96. The van der Waals surface area contributed by atoms with Gasteiger partial charge in [-0.25, -0.2) is 4.98 Å². The van der Waals surface area contributed by atoms with Crippen molar-refractivity contribution >= 4 is 51.3 Å². The molecular weight excluding hydrogens is 378 g/mol. The van der Waals surface area contributed by atoms with E-state index in [0.29, 0.717) is 33.6 Å². The number of hydrogen-bond acceptors (Lipinski definition) is 6. The molecule has 28 heavy (non-hydrogen) atoms. The van der Waals surface area contributed by atoms with Crippen LogP contribution in [-0.2, 0) is 4.79 Å². The number of benzene rings is 1. The normalized spacial score (nSPS) is 18.0. The molecule has 1 atom stereocenters. The van der Waals surface area contributed by atoms with Gasteiger partial charge in [-0.15, -0.1) is 0 Å². The van der Waals surface area contributed by atoms with E-state index in [4.69, 9.17) is 16.0 Å². The lowest BCUT2D eigenvalue weighted by Gasteiger charge is -2.32.